The van der Waals surface area contributed by atoms with E-state index in [2.05, 4.69) is 37.2 Å². The van der Waals surface area contributed by atoms with Crippen LogP contribution in [-0.4, -0.2) is 17.0 Å². The minimum atomic E-state index is -1.01. The van der Waals surface area contributed by atoms with E-state index in [-0.39, 0.29) is 11.5 Å². The van der Waals surface area contributed by atoms with Crippen molar-refractivity contribution in [3.05, 3.63) is 48.0 Å². The minimum absolute atomic E-state index is 0.191. The number of hydrogen-bond donors (Lipinski definition) is 2. The molecule has 2 aromatic rings. The number of rotatable bonds is 3. The van der Waals surface area contributed by atoms with Crippen LogP contribution in [0, 0.1) is 13.8 Å². The van der Waals surface area contributed by atoms with E-state index < -0.39 is 5.97 Å². The molecule has 2 rings (SSSR count). The number of aryl methyl sites for hydroxylation is 1. The molecule has 0 saturated heterocycles. The summed E-state index contributed by atoms with van der Waals surface area (Å²) in [7, 11) is 0. The molecule has 0 fully saturated rings. The highest BCUT2D eigenvalue weighted by atomic mass is 79.9. The van der Waals surface area contributed by atoms with Crippen LogP contribution in [0.1, 0.15) is 31.8 Å². The maximum absolute atomic E-state index is 12.2. The molecule has 0 atom stereocenters. The van der Waals surface area contributed by atoms with Gasteiger partial charge in [0.15, 0.2) is 0 Å². The van der Waals surface area contributed by atoms with E-state index in [1.807, 2.05) is 6.92 Å². The highest BCUT2D eigenvalue weighted by Crippen LogP contribution is 2.32. The molecule has 1 aromatic heterocycles. The van der Waals surface area contributed by atoms with Crippen LogP contribution < -0.4 is 5.32 Å². The first-order valence-corrected chi connectivity index (χ1v) is 8.30. The van der Waals surface area contributed by atoms with Gasteiger partial charge in [-0.1, -0.05) is 0 Å². The number of benzene rings is 1. The van der Waals surface area contributed by atoms with Gasteiger partial charge in [-0.3, -0.25) is 4.79 Å². The number of carbonyl (C=O) groups excluding carboxylic acids is 1. The first kappa shape index (κ1) is 16.2. The maximum Gasteiger partial charge on any atom is 0.336 e. The predicted molar refractivity (Wildman–Crippen MR) is 90.5 cm³/mol. The Morgan fingerprint density at radius 1 is 1.14 bits per heavy atom. The quantitative estimate of drug-likeness (QED) is 0.729. The fourth-order valence-electron chi connectivity index (χ4n) is 1.85. The molecule has 7 heteroatoms. The van der Waals surface area contributed by atoms with Gasteiger partial charge in [0.2, 0.25) is 0 Å². The third kappa shape index (κ3) is 3.53. The number of aromatic carboxylic acids is 1. The Morgan fingerprint density at radius 3 is 2.33 bits per heavy atom. The molecule has 0 aliphatic rings. The number of halogens is 2. The van der Waals surface area contributed by atoms with Crippen molar-refractivity contribution in [1.82, 2.24) is 0 Å². The standard InChI is InChI=1S/C14H11Br2NO3S/c1-6-3-8(4-9(7(6)2)14(19)20)17-13(18)10-5-11(15)21-12(10)16/h3-5H,1-2H3,(H,17,18)(H,19,20). The van der Waals surface area contributed by atoms with E-state index in [1.165, 1.54) is 17.4 Å². The molecule has 1 aromatic carbocycles. The fourth-order valence-corrected chi connectivity index (χ4v) is 4.64. The Hall–Kier alpha value is -1.18. The Bertz CT molecular complexity index is 740. The minimum Gasteiger partial charge on any atom is -0.478 e. The maximum atomic E-state index is 12.2. The largest absolute Gasteiger partial charge is 0.478 e. The average molecular weight is 433 g/mol. The Kier molecular flexibility index (Phi) is 4.85. The molecule has 1 heterocycles. The van der Waals surface area contributed by atoms with Crippen LogP contribution in [0.4, 0.5) is 5.69 Å². The van der Waals surface area contributed by atoms with E-state index in [0.29, 0.717) is 20.6 Å². The van der Waals surface area contributed by atoms with Crippen LogP contribution in [0.25, 0.3) is 0 Å². The van der Waals surface area contributed by atoms with Crippen molar-refractivity contribution >= 4 is 60.8 Å². The summed E-state index contributed by atoms with van der Waals surface area (Å²) in [4.78, 5) is 23.4. The van der Waals surface area contributed by atoms with Gasteiger partial charge in [0.1, 0.15) is 0 Å². The molecule has 0 aliphatic heterocycles. The summed E-state index contributed by atoms with van der Waals surface area (Å²) in [6, 6.07) is 4.94. The highest BCUT2D eigenvalue weighted by Gasteiger charge is 2.16. The number of amides is 1. The van der Waals surface area contributed by atoms with E-state index in [4.69, 9.17) is 0 Å². The summed E-state index contributed by atoms with van der Waals surface area (Å²) in [5, 5.41) is 11.9. The van der Waals surface area contributed by atoms with E-state index in [9.17, 15) is 14.7 Å². The topological polar surface area (TPSA) is 66.4 Å². The van der Waals surface area contributed by atoms with Gasteiger partial charge < -0.3 is 10.4 Å². The average Bonchev–Trinajstić information content (AvgIpc) is 2.72. The van der Waals surface area contributed by atoms with Crippen molar-refractivity contribution in [3.8, 4) is 0 Å². The molecule has 0 saturated carbocycles. The highest BCUT2D eigenvalue weighted by molar-refractivity contribution is 9.12. The van der Waals surface area contributed by atoms with E-state index in [0.717, 1.165) is 9.35 Å². The zero-order valence-corrected chi connectivity index (χ0v) is 15.1. The molecule has 4 nitrogen and oxygen atoms in total. The van der Waals surface area contributed by atoms with E-state index >= 15 is 0 Å². The zero-order chi connectivity index (χ0) is 15.7. The monoisotopic (exact) mass is 431 g/mol. The lowest BCUT2D eigenvalue weighted by Gasteiger charge is -2.10. The van der Waals surface area contributed by atoms with Gasteiger partial charge >= 0.3 is 5.97 Å². The van der Waals surface area contributed by atoms with Crippen molar-refractivity contribution < 1.29 is 14.7 Å². The van der Waals surface area contributed by atoms with Gasteiger partial charge in [-0.2, -0.15) is 0 Å². The van der Waals surface area contributed by atoms with Crippen LogP contribution in [-0.2, 0) is 0 Å². The number of carboxylic acids is 1. The second-order valence-electron chi connectivity index (χ2n) is 4.46. The van der Waals surface area contributed by atoms with Crippen LogP contribution in [0.3, 0.4) is 0 Å². The lowest BCUT2D eigenvalue weighted by atomic mass is 10.0. The summed E-state index contributed by atoms with van der Waals surface area (Å²) >= 11 is 8.05. The third-order valence-corrected chi connectivity index (χ3v) is 5.40. The molecule has 2 N–H and O–H groups in total. The normalized spacial score (nSPS) is 10.5. The van der Waals surface area contributed by atoms with Crippen molar-refractivity contribution in [2.24, 2.45) is 0 Å². The Labute approximate surface area is 142 Å². The summed E-state index contributed by atoms with van der Waals surface area (Å²) in [6.45, 7) is 3.56. The predicted octanol–water partition coefficient (Wildman–Crippen LogP) is 4.84. The molecule has 21 heavy (non-hydrogen) atoms. The second kappa shape index (κ2) is 6.29. The molecule has 1 amide bonds. The Balaban J connectivity index is 2.34. The van der Waals surface area contributed by atoms with E-state index in [1.54, 1.807) is 19.1 Å². The summed E-state index contributed by atoms with van der Waals surface area (Å²) in [5.74, 6) is -1.30. The van der Waals surface area contributed by atoms with Gasteiger partial charge in [0.05, 0.1) is 18.7 Å². The number of thiophene rings is 1. The molecule has 0 spiro atoms. The lowest BCUT2D eigenvalue weighted by Crippen LogP contribution is -2.13. The van der Waals surface area contributed by atoms with Crippen LogP contribution in [0.15, 0.2) is 25.8 Å². The van der Waals surface area contributed by atoms with Crippen molar-refractivity contribution in [2.45, 2.75) is 13.8 Å². The third-order valence-electron chi connectivity index (χ3n) is 3.06. The molecule has 0 aliphatic carbocycles. The lowest BCUT2D eigenvalue weighted by molar-refractivity contribution is 0.0695. The van der Waals surface area contributed by atoms with Crippen molar-refractivity contribution in [1.29, 1.82) is 0 Å². The Morgan fingerprint density at radius 2 is 1.81 bits per heavy atom. The van der Waals surface area contributed by atoms with Gasteiger partial charge in [0.25, 0.3) is 5.91 Å². The molecular weight excluding hydrogens is 422 g/mol. The number of hydrogen-bond acceptors (Lipinski definition) is 3. The summed E-state index contributed by atoms with van der Waals surface area (Å²) < 4.78 is 1.56. The molecule has 0 radical (unpaired) electrons. The summed E-state index contributed by atoms with van der Waals surface area (Å²) in [6.07, 6.45) is 0. The van der Waals surface area contributed by atoms with Crippen LogP contribution in [0.5, 0.6) is 0 Å². The fraction of sp³-hybridized carbons (Fsp3) is 0.143. The molecule has 110 valence electrons. The number of carboxylic acid groups (broad SMARTS) is 1. The summed E-state index contributed by atoms with van der Waals surface area (Å²) in [5.41, 5.74) is 2.67. The first-order valence-electron chi connectivity index (χ1n) is 5.90. The van der Waals surface area contributed by atoms with Crippen molar-refractivity contribution in [3.63, 3.8) is 0 Å². The first-order chi connectivity index (χ1) is 9.79. The van der Waals surface area contributed by atoms with Gasteiger partial charge in [-0.15, -0.1) is 11.3 Å². The van der Waals surface area contributed by atoms with Gasteiger partial charge in [0, 0.05) is 5.69 Å². The molecular formula is C14H11Br2NO3S. The number of nitrogens with one attached hydrogen (secondary N) is 1. The van der Waals surface area contributed by atoms with Crippen LogP contribution in [0.2, 0.25) is 0 Å². The zero-order valence-electron chi connectivity index (χ0n) is 11.2. The SMILES string of the molecule is Cc1cc(NC(=O)c2cc(Br)sc2Br)cc(C(=O)O)c1C. The van der Waals surface area contributed by atoms with Crippen LogP contribution >= 0.6 is 43.2 Å². The second-order valence-corrected chi connectivity index (χ2v) is 8.21. The van der Waals surface area contributed by atoms with Gasteiger partial charge in [-0.25, -0.2) is 4.79 Å². The number of anilines is 1. The number of carbonyl (C=O) groups is 2. The molecule has 0 unspecified atom stereocenters. The van der Waals surface area contributed by atoms with Crippen molar-refractivity contribution in [2.75, 3.05) is 5.32 Å². The molecule has 0 bridgehead atoms. The smallest absolute Gasteiger partial charge is 0.336 e. The van der Waals surface area contributed by atoms with Gasteiger partial charge in [-0.05, 0) is 75.0 Å².